The van der Waals surface area contributed by atoms with Crippen LogP contribution in [-0.2, 0) is 0 Å². The summed E-state index contributed by atoms with van der Waals surface area (Å²) in [5.41, 5.74) is 2.85. The van der Waals surface area contributed by atoms with Gasteiger partial charge in [-0.15, -0.1) is 12.4 Å². The smallest absolute Gasteiger partial charge is 0.0326 e. The molecule has 3 rings (SSSR count). The highest BCUT2D eigenvalue weighted by molar-refractivity contribution is 5.88. The standard InChI is InChI=1S/C16H19N.ClH/c1-12-9-10-15(16-8-4-5-11-17-16)14-7-3-2-6-13(12)14;/h2-3,6-7,9-10,16-17H,4-5,8,11H2,1H3;1H. The second-order valence-electron chi connectivity index (χ2n) is 5.02. The highest BCUT2D eigenvalue weighted by atomic mass is 35.5. The molecule has 1 nitrogen and oxygen atoms in total. The molecule has 2 aromatic rings. The van der Waals surface area contributed by atoms with Crippen molar-refractivity contribution in [2.24, 2.45) is 0 Å². The summed E-state index contributed by atoms with van der Waals surface area (Å²) in [7, 11) is 0. The summed E-state index contributed by atoms with van der Waals surface area (Å²) < 4.78 is 0. The number of rotatable bonds is 1. The first-order valence-electron chi connectivity index (χ1n) is 6.58. The maximum atomic E-state index is 3.65. The van der Waals surface area contributed by atoms with Gasteiger partial charge in [0.05, 0.1) is 0 Å². The Balaban J connectivity index is 0.00000120. The number of aryl methyl sites for hydroxylation is 1. The van der Waals surface area contributed by atoms with Crippen LogP contribution in [0.3, 0.4) is 0 Å². The third kappa shape index (κ3) is 2.38. The van der Waals surface area contributed by atoms with Crippen molar-refractivity contribution in [3.8, 4) is 0 Å². The minimum Gasteiger partial charge on any atom is -0.310 e. The topological polar surface area (TPSA) is 12.0 Å². The van der Waals surface area contributed by atoms with Crippen molar-refractivity contribution in [3.05, 3.63) is 47.5 Å². The number of piperidine rings is 1. The van der Waals surface area contributed by atoms with E-state index < -0.39 is 0 Å². The maximum absolute atomic E-state index is 3.65. The van der Waals surface area contributed by atoms with E-state index in [2.05, 4.69) is 48.6 Å². The van der Waals surface area contributed by atoms with Crippen LogP contribution >= 0.6 is 12.4 Å². The highest BCUT2D eigenvalue weighted by Gasteiger charge is 2.16. The van der Waals surface area contributed by atoms with Crippen molar-refractivity contribution in [2.45, 2.75) is 32.2 Å². The number of nitrogens with one attached hydrogen (secondary N) is 1. The van der Waals surface area contributed by atoms with Crippen LogP contribution in [0.5, 0.6) is 0 Å². The number of benzene rings is 2. The molecule has 0 radical (unpaired) electrons. The van der Waals surface area contributed by atoms with Crippen LogP contribution in [0.15, 0.2) is 36.4 Å². The average Bonchev–Trinajstić information content (AvgIpc) is 2.41. The van der Waals surface area contributed by atoms with E-state index in [1.807, 2.05) is 0 Å². The predicted octanol–water partition coefficient (Wildman–Crippen LogP) is 4.38. The molecule has 2 heteroatoms. The molecule has 0 bridgehead atoms. The molecular weight excluding hydrogens is 242 g/mol. The van der Waals surface area contributed by atoms with Gasteiger partial charge in [0.2, 0.25) is 0 Å². The van der Waals surface area contributed by atoms with E-state index in [-0.39, 0.29) is 12.4 Å². The van der Waals surface area contributed by atoms with Gasteiger partial charge < -0.3 is 5.32 Å². The first-order chi connectivity index (χ1) is 8.36. The zero-order valence-electron chi connectivity index (χ0n) is 10.8. The first-order valence-corrected chi connectivity index (χ1v) is 6.58. The van der Waals surface area contributed by atoms with Gasteiger partial charge in [-0.3, -0.25) is 0 Å². The van der Waals surface area contributed by atoms with E-state index in [0.29, 0.717) is 6.04 Å². The maximum Gasteiger partial charge on any atom is 0.0326 e. The van der Waals surface area contributed by atoms with Gasteiger partial charge in [0.1, 0.15) is 0 Å². The summed E-state index contributed by atoms with van der Waals surface area (Å²) in [5.74, 6) is 0. The van der Waals surface area contributed by atoms with E-state index >= 15 is 0 Å². The van der Waals surface area contributed by atoms with Gasteiger partial charge in [-0.2, -0.15) is 0 Å². The van der Waals surface area contributed by atoms with Gasteiger partial charge in [-0.25, -0.2) is 0 Å². The van der Waals surface area contributed by atoms with Gasteiger partial charge in [0.15, 0.2) is 0 Å². The molecule has 1 saturated heterocycles. The molecule has 1 heterocycles. The van der Waals surface area contributed by atoms with E-state index in [9.17, 15) is 0 Å². The van der Waals surface area contributed by atoms with Crippen molar-refractivity contribution in [1.29, 1.82) is 0 Å². The summed E-state index contributed by atoms with van der Waals surface area (Å²) in [5, 5.41) is 6.47. The molecule has 2 aromatic carbocycles. The minimum absolute atomic E-state index is 0. The lowest BCUT2D eigenvalue weighted by Gasteiger charge is -2.25. The van der Waals surface area contributed by atoms with Crippen LogP contribution in [0.2, 0.25) is 0 Å². The van der Waals surface area contributed by atoms with Crippen molar-refractivity contribution >= 4 is 23.2 Å². The van der Waals surface area contributed by atoms with Gasteiger partial charge in [0.25, 0.3) is 0 Å². The number of hydrogen-bond donors (Lipinski definition) is 1. The van der Waals surface area contributed by atoms with Crippen LogP contribution < -0.4 is 5.32 Å². The zero-order chi connectivity index (χ0) is 11.7. The van der Waals surface area contributed by atoms with Crippen molar-refractivity contribution < 1.29 is 0 Å². The zero-order valence-corrected chi connectivity index (χ0v) is 11.6. The SMILES string of the molecule is Cc1ccc(C2CCCCN2)c2ccccc12.Cl. The van der Waals surface area contributed by atoms with Crippen molar-refractivity contribution in [1.82, 2.24) is 5.32 Å². The average molecular weight is 262 g/mol. The van der Waals surface area contributed by atoms with Gasteiger partial charge in [0, 0.05) is 6.04 Å². The van der Waals surface area contributed by atoms with E-state index in [1.165, 1.54) is 41.2 Å². The van der Waals surface area contributed by atoms with E-state index in [1.54, 1.807) is 0 Å². The van der Waals surface area contributed by atoms with Gasteiger partial charge >= 0.3 is 0 Å². The summed E-state index contributed by atoms with van der Waals surface area (Å²) in [6, 6.07) is 13.9. The Morgan fingerprint density at radius 1 is 1.00 bits per heavy atom. The molecule has 0 aromatic heterocycles. The Kier molecular flexibility index (Phi) is 4.26. The lowest BCUT2D eigenvalue weighted by molar-refractivity contribution is 0.414. The van der Waals surface area contributed by atoms with Crippen LogP contribution in [-0.4, -0.2) is 6.54 Å². The first kappa shape index (κ1) is 13.4. The number of fused-ring (bicyclic) bond motifs is 1. The Labute approximate surface area is 115 Å². The summed E-state index contributed by atoms with van der Waals surface area (Å²) in [6.45, 7) is 3.35. The fourth-order valence-corrected chi connectivity index (χ4v) is 2.89. The lowest BCUT2D eigenvalue weighted by Crippen LogP contribution is -2.26. The molecule has 0 spiro atoms. The van der Waals surface area contributed by atoms with E-state index in [0.717, 1.165) is 6.54 Å². The van der Waals surface area contributed by atoms with Crippen molar-refractivity contribution in [2.75, 3.05) is 6.54 Å². The molecule has 1 aliphatic rings. The van der Waals surface area contributed by atoms with Gasteiger partial charge in [-0.05, 0) is 48.2 Å². The largest absolute Gasteiger partial charge is 0.310 e. The highest BCUT2D eigenvalue weighted by Crippen LogP contribution is 2.30. The Morgan fingerprint density at radius 3 is 2.50 bits per heavy atom. The molecule has 1 N–H and O–H groups in total. The molecule has 1 fully saturated rings. The molecule has 0 amide bonds. The van der Waals surface area contributed by atoms with Crippen LogP contribution in [0.25, 0.3) is 10.8 Å². The quantitative estimate of drug-likeness (QED) is 0.803. The molecule has 1 aliphatic heterocycles. The predicted molar refractivity (Wildman–Crippen MR) is 80.5 cm³/mol. The minimum atomic E-state index is 0. The molecular formula is C16H20ClN. The summed E-state index contributed by atoms with van der Waals surface area (Å²) >= 11 is 0. The fraction of sp³-hybridized carbons (Fsp3) is 0.375. The Bertz CT molecular complexity index is 530. The fourth-order valence-electron chi connectivity index (χ4n) is 2.89. The second kappa shape index (κ2) is 5.73. The van der Waals surface area contributed by atoms with Crippen molar-refractivity contribution in [3.63, 3.8) is 0 Å². The molecule has 1 atom stereocenters. The second-order valence-corrected chi connectivity index (χ2v) is 5.02. The number of halogens is 1. The molecule has 1 unspecified atom stereocenters. The molecule has 18 heavy (non-hydrogen) atoms. The molecule has 0 aliphatic carbocycles. The van der Waals surface area contributed by atoms with E-state index in [4.69, 9.17) is 0 Å². The van der Waals surface area contributed by atoms with Crippen LogP contribution in [0, 0.1) is 6.92 Å². The summed E-state index contributed by atoms with van der Waals surface area (Å²) in [6.07, 6.45) is 3.94. The number of hydrogen-bond acceptors (Lipinski definition) is 1. The third-order valence-electron chi connectivity index (χ3n) is 3.86. The monoisotopic (exact) mass is 261 g/mol. The van der Waals surface area contributed by atoms with Gasteiger partial charge in [-0.1, -0.05) is 42.8 Å². The third-order valence-corrected chi connectivity index (χ3v) is 3.86. The lowest BCUT2D eigenvalue weighted by atomic mass is 9.91. The normalized spacial score (nSPS) is 19.5. The molecule has 96 valence electrons. The molecule has 0 saturated carbocycles. The van der Waals surface area contributed by atoms with Crippen LogP contribution in [0.1, 0.15) is 36.4 Å². The Hall–Kier alpha value is -1.05. The summed E-state index contributed by atoms with van der Waals surface area (Å²) in [4.78, 5) is 0. The van der Waals surface area contributed by atoms with Crippen LogP contribution in [0.4, 0.5) is 0 Å². The Morgan fingerprint density at radius 2 is 1.78 bits per heavy atom.